The Morgan fingerprint density at radius 3 is 2.96 bits per heavy atom. The van der Waals surface area contributed by atoms with Crippen LogP contribution in [0.25, 0.3) is 0 Å². The normalized spacial score (nSPS) is 20.3. The molecule has 1 aromatic carbocycles. The summed E-state index contributed by atoms with van der Waals surface area (Å²) >= 11 is 0. The third-order valence-corrected chi connectivity index (χ3v) is 5.24. The first kappa shape index (κ1) is 16.3. The Morgan fingerprint density at radius 1 is 1.20 bits per heavy atom. The predicted molar refractivity (Wildman–Crippen MR) is 95.6 cm³/mol. The Kier molecular flexibility index (Phi) is 4.83. The number of benzene rings is 1. The summed E-state index contributed by atoms with van der Waals surface area (Å²) in [5.74, 6) is 0.121. The Labute approximate surface area is 148 Å². The number of fused-ring (bicyclic) bond motifs is 1. The average Bonchev–Trinajstić information content (AvgIpc) is 3.11. The van der Waals surface area contributed by atoms with E-state index >= 15 is 0 Å². The molecular weight excluding hydrogens is 314 g/mol. The molecule has 4 rings (SSSR count). The van der Waals surface area contributed by atoms with Crippen LogP contribution < -0.4 is 0 Å². The molecule has 5 heteroatoms. The number of aryl methyl sites for hydroxylation is 2. The molecule has 0 spiro atoms. The predicted octanol–water partition coefficient (Wildman–Crippen LogP) is 2.69. The van der Waals surface area contributed by atoms with E-state index in [0.29, 0.717) is 19.7 Å². The summed E-state index contributed by atoms with van der Waals surface area (Å²) in [5, 5.41) is 4.41. The van der Waals surface area contributed by atoms with Gasteiger partial charge in [0, 0.05) is 19.6 Å². The highest BCUT2D eigenvalue weighted by atomic mass is 16.5. The first-order chi connectivity index (χ1) is 12.3. The van der Waals surface area contributed by atoms with Gasteiger partial charge in [-0.05, 0) is 37.7 Å². The third kappa shape index (κ3) is 3.61. The minimum atomic E-state index is 0.115. The minimum absolute atomic E-state index is 0.115. The molecular formula is C20H25N3O2. The van der Waals surface area contributed by atoms with Crippen LogP contribution in [0.4, 0.5) is 0 Å². The molecule has 0 saturated carbocycles. The maximum atomic E-state index is 13.0. The first-order valence-electron chi connectivity index (χ1n) is 9.31. The molecule has 25 heavy (non-hydrogen) atoms. The van der Waals surface area contributed by atoms with Gasteiger partial charge in [-0.25, -0.2) is 0 Å². The topological polar surface area (TPSA) is 47.4 Å². The number of morpholine rings is 1. The first-order valence-corrected chi connectivity index (χ1v) is 9.31. The van der Waals surface area contributed by atoms with Crippen molar-refractivity contribution >= 4 is 5.91 Å². The van der Waals surface area contributed by atoms with E-state index in [4.69, 9.17) is 4.74 Å². The molecule has 2 aliphatic rings. The van der Waals surface area contributed by atoms with E-state index in [1.807, 2.05) is 15.6 Å². The van der Waals surface area contributed by atoms with Gasteiger partial charge in [0.05, 0.1) is 30.2 Å². The molecule has 0 bridgehead atoms. The molecule has 0 unspecified atom stereocenters. The second kappa shape index (κ2) is 7.40. The van der Waals surface area contributed by atoms with Gasteiger partial charge in [-0.15, -0.1) is 0 Å². The van der Waals surface area contributed by atoms with Crippen LogP contribution in [0.2, 0.25) is 0 Å². The van der Waals surface area contributed by atoms with Crippen LogP contribution in [0, 0.1) is 0 Å². The van der Waals surface area contributed by atoms with Crippen molar-refractivity contribution in [2.45, 2.75) is 44.8 Å². The fourth-order valence-corrected chi connectivity index (χ4v) is 3.82. The third-order valence-electron chi connectivity index (χ3n) is 5.24. The highest BCUT2D eigenvalue weighted by molar-refractivity contribution is 5.95. The number of rotatable bonds is 4. The van der Waals surface area contributed by atoms with Crippen LogP contribution in [0.1, 0.15) is 40.9 Å². The largest absolute Gasteiger partial charge is 0.375 e. The maximum absolute atomic E-state index is 13.0. The van der Waals surface area contributed by atoms with Crippen molar-refractivity contribution in [3.05, 3.63) is 53.3 Å². The van der Waals surface area contributed by atoms with Gasteiger partial charge in [-0.3, -0.25) is 9.48 Å². The number of carbonyl (C=O) groups excluding carboxylic acids is 1. The lowest BCUT2D eigenvalue weighted by Crippen LogP contribution is -2.46. The number of hydrogen-bond donors (Lipinski definition) is 0. The SMILES string of the molecule is O=C(c1cnn2c1CCCC2)N1CCO[C@H](CCc2ccccc2)C1. The van der Waals surface area contributed by atoms with Crippen molar-refractivity contribution in [1.29, 1.82) is 0 Å². The van der Waals surface area contributed by atoms with Gasteiger partial charge >= 0.3 is 0 Å². The summed E-state index contributed by atoms with van der Waals surface area (Å²) in [4.78, 5) is 14.9. The maximum Gasteiger partial charge on any atom is 0.257 e. The van der Waals surface area contributed by atoms with Crippen molar-refractivity contribution in [3.63, 3.8) is 0 Å². The molecule has 0 aliphatic carbocycles. The van der Waals surface area contributed by atoms with Crippen molar-refractivity contribution in [1.82, 2.24) is 14.7 Å². The Hall–Kier alpha value is -2.14. The van der Waals surface area contributed by atoms with E-state index in [2.05, 4.69) is 29.4 Å². The van der Waals surface area contributed by atoms with E-state index in [-0.39, 0.29) is 12.0 Å². The Morgan fingerprint density at radius 2 is 2.08 bits per heavy atom. The van der Waals surface area contributed by atoms with Crippen LogP contribution in [0.5, 0.6) is 0 Å². The van der Waals surface area contributed by atoms with Crippen molar-refractivity contribution in [2.24, 2.45) is 0 Å². The highest BCUT2D eigenvalue weighted by Gasteiger charge is 2.28. The minimum Gasteiger partial charge on any atom is -0.375 e. The second-order valence-electron chi connectivity index (χ2n) is 6.95. The number of amides is 1. The fraction of sp³-hybridized carbons (Fsp3) is 0.500. The molecule has 132 valence electrons. The lowest BCUT2D eigenvalue weighted by molar-refractivity contribution is -0.0246. The smallest absolute Gasteiger partial charge is 0.257 e. The zero-order valence-corrected chi connectivity index (χ0v) is 14.6. The number of nitrogens with zero attached hydrogens (tertiary/aromatic N) is 3. The number of carbonyl (C=O) groups is 1. The molecule has 1 amide bonds. The van der Waals surface area contributed by atoms with Crippen LogP contribution in [-0.4, -0.2) is 46.4 Å². The second-order valence-corrected chi connectivity index (χ2v) is 6.95. The van der Waals surface area contributed by atoms with Crippen LogP contribution >= 0.6 is 0 Å². The molecule has 5 nitrogen and oxygen atoms in total. The molecule has 2 aromatic rings. The summed E-state index contributed by atoms with van der Waals surface area (Å²) < 4.78 is 7.90. The van der Waals surface area contributed by atoms with Crippen LogP contribution in [0.15, 0.2) is 36.5 Å². The lowest BCUT2D eigenvalue weighted by Gasteiger charge is -2.33. The van der Waals surface area contributed by atoms with E-state index < -0.39 is 0 Å². The van der Waals surface area contributed by atoms with Gasteiger partial charge in [0.25, 0.3) is 5.91 Å². The zero-order chi connectivity index (χ0) is 17.1. The number of hydrogen-bond acceptors (Lipinski definition) is 3. The van der Waals surface area contributed by atoms with Gasteiger partial charge < -0.3 is 9.64 Å². The molecule has 0 N–H and O–H groups in total. The quantitative estimate of drug-likeness (QED) is 0.860. The number of aromatic nitrogens is 2. The molecule has 1 fully saturated rings. The van der Waals surface area contributed by atoms with Gasteiger partial charge in [-0.2, -0.15) is 5.10 Å². The standard InChI is InChI=1S/C20H25N3O2/c24-20(18-14-21-23-11-5-4-8-19(18)23)22-12-13-25-17(15-22)10-9-16-6-2-1-3-7-16/h1-3,6-7,14,17H,4-5,8-13,15H2/t17-/m1/s1. The van der Waals surface area contributed by atoms with Gasteiger partial charge in [0.2, 0.25) is 0 Å². The molecule has 2 aliphatic heterocycles. The summed E-state index contributed by atoms with van der Waals surface area (Å²) in [7, 11) is 0. The summed E-state index contributed by atoms with van der Waals surface area (Å²) in [5.41, 5.74) is 3.23. The monoisotopic (exact) mass is 339 g/mol. The van der Waals surface area contributed by atoms with E-state index in [1.54, 1.807) is 6.20 Å². The van der Waals surface area contributed by atoms with Gasteiger partial charge in [-0.1, -0.05) is 30.3 Å². The van der Waals surface area contributed by atoms with E-state index in [9.17, 15) is 4.79 Å². The average molecular weight is 339 g/mol. The Bertz CT molecular complexity index is 726. The highest BCUT2D eigenvalue weighted by Crippen LogP contribution is 2.21. The molecule has 1 saturated heterocycles. The Balaban J connectivity index is 1.39. The molecule has 0 radical (unpaired) electrons. The van der Waals surface area contributed by atoms with Crippen molar-refractivity contribution in [3.8, 4) is 0 Å². The molecule has 1 atom stereocenters. The van der Waals surface area contributed by atoms with Gasteiger partial charge in [0.1, 0.15) is 0 Å². The van der Waals surface area contributed by atoms with Crippen LogP contribution in [0.3, 0.4) is 0 Å². The van der Waals surface area contributed by atoms with E-state index in [0.717, 1.165) is 49.9 Å². The molecule has 1 aromatic heterocycles. The van der Waals surface area contributed by atoms with Crippen molar-refractivity contribution in [2.75, 3.05) is 19.7 Å². The number of ether oxygens (including phenoxy) is 1. The molecule has 3 heterocycles. The summed E-state index contributed by atoms with van der Waals surface area (Å²) in [6.45, 7) is 2.90. The van der Waals surface area contributed by atoms with E-state index in [1.165, 1.54) is 5.56 Å². The van der Waals surface area contributed by atoms with Gasteiger partial charge in [0.15, 0.2) is 0 Å². The van der Waals surface area contributed by atoms with Crippen molar-refractivity contribution < 1.29 is 9.53 Å². The fourth-order valence-electron chi connectivity index (χ4n) is 3.82. The summed E-state index contributed by atoms with van der Waals surface area (Å²) in [6, 6.07) is 10.5. The zero-order valence-electron chi connectivity index (χ0n) is 14.6. The van der Waals surface area contributed by atoms with Crippen LogP contribution in [-0.2, 0) is 24.1 Å². The lowest BCUT2D eigenvalue weighted by atomic mass is 10.0. The summed E-state index contributed by atoms with van der Waals surface area (Å²) in [6.07, 6.45) is 7.07.